The van der Waals surface area contributed by atoms with Crippen molar-refractivity contribution >= 4 is 8.32 Å². The van der Waals surface area contributed by atoms with Gasteiger partial charge in [-0.1, -0.05) is 30.3 Å². The molecule has 0 heterocycles. The van der Waals surface area contributed by atoms with E-state index in [4.69, 9.17) is 9.16 Å². The molecular weight excluding hydrogens is 240 g/mol. The van der Waals surface area contributed by atoms with E-state index in [9.17, 15) is 0 Å². The molecule has 102 valence electrons. The van der Waals surface area contributed by atoms with Crippen LogP contribution in [0.2, 0.25) is 19.6 Å². The quantitative estimate of drug-likeness (QED) is 0.661. The van der Waals surface area contributed by atoms with Crippen LogP contribution in [0, 0.1) is 0 Å². The average molecular weight is 266 g/mol. The van der Waals surface area contributed by atoms with Crippen molar-refractivity contribution in [1.29, 1.82) is 0 Å². The van der Waals surface area contributed by atoms with E-state index < -0.39 is 8.32 Å². The molecule has 0 N–H and O–H groups in total. The van der Waals surface area contributed by atoms with Crippen LogP contribution in [0.1, 0.15) is 24.3 Å². The van der Waals surface area contributed by atoms with E-state index in [-0.39, 0.29) is 0 Å². The topological polar surface area (TPSA) is 18.5 Å². The van der Waals surface area contributed by atoms with E-state index in [2.05, 4.69) is 50.0 Å². The van der Waals surface area contributed by atoms with Crippen LogP contribution in [-0.2, 0) is 9.16 Å². The van der Waals surface area contributed by atoms with Gasteiger partial charge in [0.2, 0.25) is 0 Å². The molecule has 1 aromatic rings. The Balaban J connectivity index is 2.51. The van der Waals surface area contributed by atoms with Crippen molar-refractivity contribution in [3.05, 3.63) is 35.9 Å². The molecule has 1 unspecified atom stereocenters. The maximum absolute atomic E-state index is 5.96. The molecule has 2 nitrogen and oxygen atoms in total. The first-order valence-electron chi connectivity index (χ1n) is 6.71. The molecular formula is C15H26O2Si. The van der Waals surface area contributed by atoms with E-state index in [1.165, 1.54) is 5.56 Å². The smallest absolute Gasteiger partial charge is 0.183 e. The van der Waals surface area contributed by atoms with Gasteiger partial charge in [0.1, 0.15) is 0 Å². The van der Waals surface area contributed by atoms with Crippen molar-refractivity contribution < 1.29 is 9.16 Å². The Kier molecular flexibility index (Phi) is 6.61. The van der Waals surface area contributed by atoms with E-state index in [0.717, 1.165) is 26.1 Å². The van der Waals surface area contributed by atoms with Gasteiger partial charge in [0.15, 0.2) is 8.32 Å². The summed E-state index contributed by atoms with van der Waals surface area (Å²) in [4.78, 5) is 0. The lowest BCUT2D eigenvalue weighted by atomic mass is 9.93. The molecule has 1 atom stereocenters. The van der Waals surface area contributed by atoms with Gasteiger partial charge < -0.3 is 9.16 Å². The van der Waals surface area contributed by atoms with Crippen molar-refractivity contribution in [1.82, 2.24) is 0 Å². The number of hydrogen-bond donors (Lipinski definition) is 0. The number of benzene rings is 1. The number of methoxy groups -OCH3 is 1. The molecule has 0 radical (unpaired) electrons. The van der Waals surface area contributed by atoms with Crippen LogP contribution in [-0.4, -0.2) is 28.6 Å². The van der Waals surface area contributed by atoms with E-state index in [1.54, 1.807) is 7.11 Å². The molecule has 1 rings (SSSR count). The fraction of sp³-hybridized carbons (Fsp3) is 0.600. The lowest BCUT2D eigenvalue weighted by molar-refractivity contribution is 0.181. The largest absolute Gasteiger partial charge is 0.418 e. The molecule has 0 spiro atoms. The Morgan fingerprint density at radius 1 is 1.00 bits per heavy atom. The Bertz CT molecular complexity index is 319. The van der Waals surface area contributed by atoms with E-state index in [1.807, 2.05) is 0 Å². The maximum atomic E-state index is 5.96. The van der Waals surface area contributed by atoms with Gasteiger partial charge in [-0.15, -0.1) is 0 Å². The second kappa shape index (κ2) is 7.72. The highest BCUT2D eigenvalue weighted by Crippen LogP contribution is 2.23. The van der Waals surface area contributed by atoms with Crippen molar-refractivity contribution in [2.75, 3.05) is 20.3 Å². The van der Waals surface area contributed by atoms with Gasteiger partial charge in [-0.3, -0.25) is 0 Å². The zero-order valence-corrected chi connectivity index (χ0v) is 13.1. The number of ether oxygens (including phenoxy) is 1. The van der Waals surface area contributed by atoms with E-state index in [0.29, 0.717) is 5.92 Å². The number of rotatable bonds is 8. The normalized spacial score (nSPS) is 13.6. The summed E-state index contributed by atoms with van der Waals surface area (Å²) in [5.41, 5.74) is 1.40. The van der Waals surface area contributed by atoms with Crippen LogP contribution >= 0.6 is 0 Å². The highest BCUT2D eigenvalue weighted by atomic mass is 28.4. The number of hydrogen-bond acceptors (Lipinski definition) is 2. The first kappa shape index (κ1) is 15.4. The van der Waals surface area contributed by atoms with Crippen molar-refractivity contribution in [3.63, 3.8) is 0 Å². The molecule has 0 aliphatic rings. The minimum Gasteiger partial charge on any atom is -0.418 e. The molecule has 0 saturated heterocycles. The first-order valence-corrected chi connectivity index (χ1v) is 10.1. The van der Waals surface area contributed by atoms with Gasteiger partial charge in [-0.25, -0.2) is 0 Å². The minimum atomic E-state index is -1.39. The van der Waals surface area contributed by atoms with Gasteiger partial charge in [-0.2, -0.15) is 0 Å². The second-order valence-corrected chi connectivity index (χ2v) is 10.2. The zero-order chi connectivity index (χ0) is 13.4. The maximum Gasteiger partial charge on any atom is 0.183 e. The van der Waals surface area contributed by atoms with Gasteiger partial charge in [-0.05, 0) is 44.0 Å². The predicted molar refractivity (Wildman–Crippen MR) is 79.6 cm³/mol. The molecule has 0 aliphatic heterocycles. The van der Waals surface area contributed by atoms with Crippen LogP contribution in [0.3, 0.4) is 0 Å². The first-order chi connectivity index (χ1) is 8.53. The molecule has 3 heteroatoms. The summed E-state index contributed by atoms with van der Waals surface area (Å²) in [6.45, 7) is 8.38. The van der Waals surface area contributed by atoms with Crippen molar-refractivity contribution in [3.8, 4) is 0 Å². The van der Waals surface area contributed by atoms with Gasteiger partial charge in [0, 0.05) is 20.3 Å². The molecule has 0 fully saturated rings. The molecule has 0 bridgehead atoms. The fourth-order valence-corrected chi connectivity index (χ4v) is 2.70. The molecule has 18 heavy (non-hydrogen) atoms. The van der Waals surface area contributed by atoms with Gasteiger partial charge >= 0.3 is 0 Å². The summed E-state index contributed by atoms with van der Waals surface area (Å²) >= 11 is 0. The summed E-state index contributed by atoms with van der Waals surface area (Å²) in [5, 5.41) is 0. The predicted octanol–water partition coefficient (Wildman–Crippen LogP) is 4.05. The lowest BCUT2D eigenvalue weighted by Gasteiger charge is -2.21. The molecule has 1 aromatic carbocycles. The Morgan fingerprint density at radius 2 is 1.61 bits per heavy atom. The van der Waals surface area contributed by atoms with Gasteiger partial charge in [0.25, 0.3) is 0 Å². The van der Waals surface area contributed by atoms with Crippen molar-refractivity contribution in [2.24, 2.45) is 0 Å². The summed E-state index contributed by atoms with van der Waals surface area (Å²) in [6.07, 6.45) is 2.15. The average Bonchev–Trinajstić information content (AvgIpc) is 2.33. The summed E-state index contributed by atoms with van der Waals surface area (Å²) < 4.78 is 11.2. The van der Waals surface area contributed by atoms with Crippen LogP contribution in [0.15, 0.2) is 30.3 Å². The Labute approximate surface area is 112 Å². The third kappa shape index (κ3) is 6.33. The van der Waals surface area contributed by atoms with Gasteiger partial charge in [0.05, 0.1) is 0 Å². The van der Waals surface area contributed by atoms with Crippen LogP contribution in [0.25, 0.3) is 0 Å². The minimum absolute atomic E-state index is 0.544. The second-order valence-electron chi connectivity index (χ2n) is 5.64. The lowest BCUT2D eigenvalue weighted by Crippen LogP contribution is -2.26. The third-order valence-electron chi connectivity index (χ3n) is 2.94. The van der Waals surface area contributed by atoms with Crippen molar-refractivity contribution in [2.45, 2.75) is 38.4 Å². The summed E-state index contributed by atoms with van der Waals surface area (Å²) in [5.74, 6) is 0.544. The standard InChI is InChI=1S/C15H26O2Si/c1-16-12-10-15(11-13-17-18(2,3)4)14-8-6-5-7-9-14/h5-9,15H,10-13H2,1-4H3. The molecule has 0 saturated carbocycles. The zero-order valence-electron chi connectivity index (χ0n) is 12.1. The summed E-state index contributed by atoms with van der Waals surface area (Å²) in [7, 11) is 0.377. The third-order valence-corrected chi connectivity index (χ3v) is 4.01. The molecule has 0 aromatic heterocycles. The highest BCUT2D eigenvalue weighted by molar-refractivity contribution is 6.69. The Hall–Kier alpha value is -0.643. The van der Waals surface area contributed by atoms with Crippen LogP contribution < -0.4 is 0 Å². The SMILES string of the molecule is COCCC(CCO[Si](C)(C)C)c1ccccc1. The highest BCUT2D eigenvalue weighted by Gasteiger charge is 2.16. The van der Waals surface area contributed by atoms with E-state index >= 15 is 0 Å². The summed E-state index contributed by atoms with van der Waals surface area (Å²) in [6, 6.07) is 10.7. The van der Waals surface area contributed by atoms with Crippen LogP contribution in [0.5, 0.6) is 0 Å². The molecule has 0 amide bonds. The van der Waals surface area contributed by atoms with Crippen LogP contribution in [0.4, 0.5) is 0 Å². The monoisotopic (exact) mass is 266 g/mol. The molecule has 0 aliphatic carbocycles. The fourth-order valence-electron chi connectivity index (χ4n) is 1.97. The Morgan fingerprint density at radius 3 is 2.17 bits per heavy atom.